The van der Waals surface area contributed by atoms with E-state index in [1.807, 2.05) is 30.0 Å². The highest BCUT2D eigenvalue weighted by Crippen LogP contribution is 2.28. The van der Waals surface area contributed by atoms with Gasteiger partial charge in [0.2, 0.25) is 0 Å². The van der Waals surface area contributed by atoms with Crippen molar-refractivity contribution in [3.63, 3.8) is 0 Å². The number of anilines is 1. The van der Waals surface area contributed by atoms with Gasteiger partial charge in [-0.2, -0.15) is 0 Å². The molecule has 1 aliphatic heterocycles. The summed E-state index contributed by atoms with van der Waals surface area (Å²) in [6.45, 7) is 3.56. The predicted octanol–water partition coefficient (Wildman–Crippen LogP) is 3.21. The van der Waals surface area contributed by atoms with Crippen molar-refractivity contribution in [2.24, 2.45) is 0 Å². The third-order valence-corrected chi connectivity index (χ3v) is 4.09. The van der Waals surface area contributed by atoms with Crippen LogP contribution < -0.4 is 5.73 Å². The summed E-state index contributed by atoms with van der Waals surface area (Å²) >= 11 is 0. The van der Waals surface area contributed by atoms with Crippen LogP contribution in [-0.4, -0.2) is 23.9 Å². The fourth-order valence-corrected chi connectivity index (χ4v) is 3.06. The topological polar surface area (TPSA) is 46.3 Å². The monoisotopic (exact) mass is 280 g/mol. The Morgan fingerprint density at radius 2 is 1.95 bits per heavy atom. The molecule has 0 spiro atoms. The summed E-state index contributed by atoms with van der Waals surface area (Å²) < 4.78 is 0. The molecule has 1 amide bonds. The van der Waals surface area contributed by atoms with Crippen molar-refractivity contribution in [2.45, 2.75) is 19.3 Å². The lowest BCUT2D eigenvalue weighted by Crippen LogP contribution is -2.28. The molecule has 2 aromatic carbocycles. The van der Waals surface area contributed by atoms with Gasteiger partial charge in [-0.25, -0.2) is 0 Å². The number of hydrogen-bond acceptors (Lipinski definition) is 2. The van der Waals surface area contributed by atoms with Gasteiger partial charge in [0, 0.05) is 30.3 Å². The van der Waals surface area contributed by atoms with Crippen LogP contribution in [-0.2, 0) is 0 Å². The standard InChI is InChI=1S/C18H20N2O/c1-13-9-16(11-17(19)10-13)18(21)20-8-7-15(12-20)14-5-3-2-4-6-14/h2-6,9-11,15H,7-8,12,19H2,1H3. The van der Waals surface area contributed by atoms with Gasteiger partial charge in [-0.3, -0.25) is 4.79 Å². The van der Waals surface area contributed by atoms with Crippen molar-refractivity contribution in [3.05, 3.63) is 65.2 Å². The summed E-state index contributed by atoms with van der Waals surface area (Å²) in [4.78, 5) is 14.5. The third kappa shape index (κ3) is 2.92. The van der Waals surface area contributed by atoms with Gasteiger partial charge in [-0.1, -0.05) is 30.3 Å². The van der Waals surface area contributed by atoms with Crippen molar-refractivity contribution < 1.29 is 4.79 Å². The Kier molecular flexibility index (Phi) is 3.65. The van der Waals surface area contributed by atoms with Gasteiger partial charge >= 0.3 is 0 Å². The molecule has 21 heavy (non-hydrogen) atoms. The first-order valence-electron chi connectivity index (χ1n) is 7.35. The van der Waals surface area contributed by atoms with Gasteiger partial charge in [0.05, 0.1) is 0 Å². The van der Waals surface area contributed by atoms with Crippen LogP contribution in [0.4, 0.5) is 5.69 Å². The minimum absolute atomic E-state index is 0.0869. The van der Waals surface area contributed by atoms with E-state index in [1.165, 1.54) is 5.56 Å². The third-order valence-electron chi connectivity index (χ3n) is 4.09. The number of aryl methyl sites for hydroxylation is 1. The highest BCUT2D eigenvalue weighted by molar-refractivity contribution is 5.95. The minimum atomic E-state index is 0.0869. The number of nitrogen functional groups attached to an aromatic ring is 1. The molecular weight excluding hydrogens is 260 g/mol. The van der Waals surface area contributed by atoms with E-state index < -0.39 is 0 Å². The number of nitrogens with two attached hydrogens (primary N) is 1. The first kappa shape index (κ1) is 13.7. The van der Waals surface area contributed by atoms with Crippen LogP contribution in [0.2, 0.25) is 0 Å². The molecular formula is C18H20N2O. The molecule has 0 radical (unpaired) electrons. The van der Waals surface area contributed by atoms with Crippen LogP contribution in [0.15, 0.2) is 48.5 Å². The van der Waals surface area contributed by atoms with Crippen molar-refractivity contribution >= 4 is 11.6 Å². The summed E-state index contributed by atoms with van der Waals surface area (Å²) in [6, 6.07) is 16.0. The number of likely N-dealkylation sites (tertiary alicyclic amines) is 1. The molecule has 3 rings (SSSR count). The molecule has 1 fully saturated rings. The highest BCUT2D eigenvalue weighted by Gasteiger charge is 2.27. The van der Waals surface area contributed by atoms with Crippen molar-refractivity contribution in [1.29, 1.82) is 0 Å². The largest absolute Gasteiger partial charge is 0.399 e. The number of hydrogen-bond donors (Lipinski definition) is 1. The molecule has 0 aromatic heterocycles. The number of carbonyl (C=O) groups is 1. The second-order valence-corrected chi connectivity index (χ2v) is 5.78. The van der Waals surface area contributed by atoms with E-state index in [0.717, 1.165) is 25.1 Å². The zero-order chi connectivity index (χ0) is 14.8. The van der Waals surface area contributed by atoms with Gasteiger partial charge < -0.3 is 10.6 Å². The molecule has 0 aliphatic carbocycles. The molecule has 1 atom stereocenters. The molecule has 2 N–H and O–H groups in total. The average Bonchev–Trinajstić information content (AvgIpc) is 2.96. The Balaban J connectivity index is 1.75. The Labute approximate surface area is 125 Å². The number of benzene rings is 2. The van der Waals surface area contributed by atoms with Gasteiger partial charge in [0.1, 0.15) is 0 Å². The quantitative estimate of drug-likeness (QED) is 0.859. The smallest absolute Gasteiger partial charge is 0.253 e. The lowest BCUT2D eigenvalue weighted by atomic mass is 9.99. The first-order chi connectivity index (χ1) is 10.1. The Morgan fingerprint density at radius 1 is 1.19 bits per heavy atom. The highest BCUT2D eigenvalue weighted by atomic mass is 16.2. The number of amides is 1. The molecule has 1 saturated heterocycles. The lowest BCUT2D eigenvalue weighted by molar-refractivity contribution is 0.0790. The van der Waals surface area contributed by atoms with Crippen LogP contribution in [0, 0.1) is 6.92 Å². The van der Waals surface area contributed by atoms with Crippen molar-refractivity contribution in [2.75, 3.05) is 18.8 Å². The number of nitrogens with zero attached hydrogens (tertiary/aromatic N) is 1. The number of rotatable bonds is 2. The first-order valence-corrected chi connectivity index (χ1v) is 7.35. The Bertz CT molecular complexity index is 631. The van der Waals surface area contributed by atoms with Gasteiger partial charge in [0.15, 0.2) is 0 Å². The molecule has 3 nitrogen and oxygen atoms in total. The van der Waals surface area contributed by atoms with E-state index in [4.69, 9.17) is 5.73 Å². The summed E-state index contributed by atoms with van der Waals surface area (Å²) in [7, 11) is 0. The van der Waals surface area contributed by atoms with E-state index in [2.05, 4.69) is 24.3 Å². The molecule has 0 bridgehead atoms. The summed E-state index contributed by atoms with van der Waals surface area (Å²) in [5, 5.41) is 0. The van der Waals surface area contributed by atoms with E-state index in [-0.39, 0.29) is 5.91 Å². The van der Waals surface area contributed by atoms with Crippen LogP contribution in [0.5, 0.6) is 0 Å². The molecule has 108 valence electrons. The van der Waals surface area contributed by atoms with E-state index in [9.17, 15) is 4.79 Å². The molecule has 3 heteroatoms. The molecule has 1 heterocycles. The van der Waals surface area contributed by atoms with Crippen LogP contribution in [0.25, 0.3) is 0 Å². The molecule has 2 aromatic rings. The maximum atomic E-state index is 12.6. The molecule has 1 unspecified atom stereocenters. The second-order valence-electron chi connectivity index (χ2n) is 5.78. The fourth-order valence-electron chi connectivity index (χ4n) is 3.06. The summed E-state index contributed by atoms with van der Waals surface area (Å²) in [5.41, 5.74) is 9.53. The fraction of sp³-hybridized carbons (Fsp3) is 0.278. The SMILES string of the molecule is Cc1cc(N)cc(C(=O)N2CCC(c3ccccc3)C2)c1. The zero-order valence-electron chi connectivity index (χ0n) is 12.3. The van der Waals surface area contributed by atoms with E-state index >= 15 is 0 Å². The number of carbonyl (C=O) groups excluding carboxylic acids is 1. The summed E-state index contributed by atoms with van der Waals surface area (Å²) in [6.07, 6.45) is 1.02. The van der Waals surface area contributed by atoms with E-state index in [1.54, 1.807) is 6.07 Å². The normalized spacial score (nSPS) is 18.0. The maximum Gasteiger partial charge on any atom is 0.253 e. The van der Waals surface area contributed by atoms with E-state index in [0.29, 0.717) is 17.2 Å². The van der Waals surface area contributed by atoms with Crippen molar-refractivity contribution in [3.8, 4) is 0 Å². The molecule has 0 saturated carbocycles. The Hall–Kier alpha value is -2.29. The van der Waals surface area contributed by atoms with Gasteiger partial charge in [-0.15, -0.1) is 0 Å². The van der Waals surface area contributed by atoms with Crippen LogP contribution in [0.3, 0.4) is 0 Å². The van der Waals surface area contributed by atoms with Gasteiger partial charge in [0.25, 0.3) is 5.91 Å². The maximum absolute atomic E-state index is 12.6. The van der Waals surface area contributed by atoms with Gasteiger partial charge in [-0.05, 0) is 42.7 Å². The predicted molar refractivity (Wildman–Crippen MR) is 85.3 cm³/mol. The van der Waals surface area contributed by atoms with Crippen LogP contribution >= 0.6 is 0 Å². The average molecular weight is 280 g/mol. The molecule has 1 aliphatic rings. The minimum Gasteiger partial charge on any atom is -0.399 e. The summed E-state index contributed by atoms with van der Waals surface area (Å²) in [5.74, 6) is 0.529. The van der Waals surface area contributed by atoms with Crippen molar-refractivity contribution in [1.82, 2.24) is 4.90 Å². The lowest BCUT2D eigenvalue weighted by Gasteiger charge is -2.17. The second kappa shape index (κ2) is 5.60. The zero-order valence-corrected chi connectivity index (χ0v) is 12.3. The Morgan fingerprint density at radius 3 is 2.67 bits per heavy atom. The van der Waals surface area contributed by atoms with Crippen LogP contribution in [0.1, 0.15) is 33.8 Å².